The molecule has 2 bridgehead atoms. The van der Waals surface area contributed by atoms with Gasteiger partial charge in [0, 0.05) is 5.54 Å². The van der Waals surface area contributed by atoms with E-state index in [1.54, 1.807) is 0 Å². The van der Waals surface area contributed by atoms with Gasteiger partial charge in [-0.25, -0.2) is 0 Å². The predicted molar refractivity (Wildman–Crippen MR) is 79.7 cm³/mol. The Bertz CT molecular complexity index is 352. The zero-order chi connectivity index (χ0) is 13.0. The van der Waals surface area contributed by atoms with Gasteiger partial charge in [-0.1, -0.05) is 32.6 Å². The molecule has 7 unspecified atom stereocenters. The fourth-order valence-electron chi connectivity index (χ4n) is 6.86. The first kappa shape index (κ1) is 12.7. The Kier molecular flexibility index (Phi) is 2.99. The Hall–Kier alpha value is -0.0400. The summed E-state index contributed by atoms with van der Waals surface area (Å²) in [5.41, 5.74) is 7.35. The van der Waals surface area contributed by atoms with Crippen LogP contribution in [0.3, 0.4) is 0 Å². The number of hydrogen-bond donors (Lipinski definition) is 1. The van der Waals surface area contributed by atoms with Gasteiger partial charge in [0.05, 0.1) is 0 Å². The summed E-state index contributed by atoms with van der Waals surface area (Å²) < 4.78 is 0. The maximum absolute atomic E-state index is 7.09. The van der Waals surface area contributed by atoms with Crippen LogP contribution in [0.2, 0.25) is 0 Å². The summed E-state index contributed by atoms with van der Waals surface area (Å²) in [7, 11) is 0. The molecule has 0 spiro atoms. The Morgan fingerprint density at radius 3 is 2.63 bits per heavy atom. The molecule has 0 aromatic heterocycles. The lowest BCUT2D eigenvalue weighted by Crippen LogP contribution is -2.55. The summed E-state index contributed by atoms with van der Waals surface area (Å²) in [6, 6.07) is 0. The molecule has 1 heteroatoms. The summed E-state index contributed by atoms with van der Waals surface area (Å²) in [6.07, 6.45) is 14.6. The topological polar surface area (TPSA) is 26.0 Å². The minimum absolute atomic E-state index is 0.254. The molecule has 4 aliphatic rings. The van der Waals surface area contributed by atoms with Crippen molar-refractivity contribution in [3.05, 3.63) is 0 Å². The highest BCUT2D eigenvalue weighted by Crippen LogP contribution is 2.64. The summed E-state index contributed by atoms with van der Waals surface area (Å²) in [4.78, 5) is 0. The molecular formula is C18H31N. The maximum atomic E-state index is 7.09. The normalized spacial score (nSPS) is 56.5. The van der Waals surface area contributed by atoms with Gasteiger partial charge < -0.3 is 5.73 Å². The molecule has 0 aromatic rings. The fourth-order valence-corrected chi connectivity index (χ4v) is 6.86. The Morgan fingerprint density at radius 1 is 1.00 bits per heavy atom. The fraction of sp³-hybridized carbons (Fsp3) is 1.00. The minimum atomic E-state index is 0.254. The van der Waals surface area contributed by atoms with Crippen LogP contribution in [0.4, 0.5) is 0 Å². The summed E-state index contributed by atoms with van der Waals surface area (Å²) >= 11 is 0. The smallest absolute Gasteiger partial charge is 0.0217 e. The third-order valence-corrected chi connectivity index (χ3v) is 7.73. The highest BCUT2D eigenvalue weighted by Gasteiger charge is 2.61. The van der Waals surface area contributed by atoms with Crippen molar-refractivity contribution in [2.45, 2.75) is 76.7 Å². The minimum Gasteiger partial charge on any atom is -0.325 e. The molecule has 0 saturated heterocycles. The molecule has 108 valence electrons. The van der Waals surface area contributed by atoms with Crippen LogP contribution in [0.1, 0.15) is 71.1 Å². The molecule has 7 atom stereocenters. The second-order valence-electron chi connectivity index (χ2n) is 8.32. The lowest BCUT2D eigenvalue weighted by Gasteiger charge is -2.48. The van der Waals surface area contributed by atoms with Crippen molar-refractivity contribution in [2.24, 2.45) is 41.2 Å². The average Bonchev–Trinajstić information content (AvgIpc) is 3.10. The van der Waals surface area contributed by atoms with E-state index in [0.29, 0.717) is 0 Å². The zero-order valence-corrected chi connectivity index (χ0v) is 12.6. The lowest BCUT2D eigenvalue weighted by atomic mass is 9.61. The molecule has 0 aromatic carbocycles. The zero-order valence-electron chi connectivity index (χ0n) is 12.6. The molecule has 0 radical (unpaired) electrons. The Balaban J connectivity index is 1.54. The van der Waals surface area contributed by atoms with Crippen molar-refractivity contribution < 1.29 is 0 Å². The van der Waals surface area contributed by atoms with Gasteiger partial charge in [0.2, 0.25) is 0 Å². The third-order valence-electron chi connectivity index (χ3n) is 7.73. The predicted octanol–water partition coefficient (Wildman–Crippen LogP) is 4.36. The van der Waals surface area contributed by atoms with Gasteiger partial charge in [-0.3, -0.25) is 0 Å². The summed E-state index contributed by atoms with van der Waals surface area (Å²) in [5, 5.41) is 0. The van der Waals surface area contributed by atoms with E-state index in [9.17, 15) is 0 Å². The van der Waals surface area contributed by atoms with Crippen LogP contribution < -0.4 is 5.73 Å². The van der Waals surface area contributed by atoms with E-state index in [2.05, 4.69) is 6.92 Å². The van der Waals surface area contributed by atoms with Gasteiger partial charge in [-0.05, 0) is 74.0 Å². The molecule has 1 nitrogen and oxygen atoms in total. The standard InChI is InChI=1S/C18H31N/c1-2-12-5-3-6-14(9-12)18(19)11-13-10-17(18)16-8-4-7-15(13)16/h12-17H,2-11,19H2,1H3. The van der Waals surface area contributed by atoms with Gasteiger partial charge in [0.15, 0.2) is 0 Å². The van der Waals surface area contributed by atoms with Crippen molar-refractivity contribution in [1.29, 1.82) is 0 Å². The van der Waals surface area contributed by atoms with E-state index in [1.807, 2.05) is 0 Å². The molecular weight excluding hydrogens is 230 g/mol. The van der Waals surface area contributed by atoms with Gasteiger partial charge in [0.25, 0.3) is 0 Å². The maximum Gasteiger partial charge on any atom is 0.0217 e. The van der Waals surface area contributed by atoms with E-state index in [-0.39, 0.29) is 5.54 Å². The van der Waals surface area contributed by atoms with E-state index >= 15 is 0 Å². The van der Waals surface area contributed by atoms with Crippen LogP contribution in [0.5, 0.6) is 0 Å². The molecule has 0 aliphatic heterocycles. The van der Waals surface area contributed by atoms with Crippen molar-refractivity contribution in [1.82, 2.24) is 0 Å². The van der Waals surface area contributed by atoms with Gasteiger partial charge in [-0.2, -0.15) is 0 Å². The average molecular weight is 261 g/mol. The van der Waals surface area contributed by atoms with Crippen LogP contribution in [0, 0.1) is 35.5 Å². The number of rotatable bonds is 2. The molecule has 0 amide bonds. The Morgan fingerprint density at radius 2 is 1.79 bits per heavy atom. The van der Waals surface area contributed by atoms with Crippen molar-refractivity contribution >= 4 is 0 Å². The first-order chi connectivity index (χ1) is 9.22. The molecule has 4 aliphatic carbocycles. The van der Waals surface area contributed by atoms with E-state index in [4.69, 9.17) is 5.73 Å². The third kappa shape index (κ3) is 1.76. The summed E-state index contributed by atoms with van der Waals surface area (Å²) in [5.74, 6) is 5.90. The van der Waals surface area contributed by atoms with Crippen LogP contribution in [0.15, 0.2) is 0 Å². The van der Waals surface area contributed by atoms with E-state index < -0.39 is 0 Å². The molecule has 4 fully saturated rings. The van der Waals surface area contributed by atoms with Crippen LogP contribution in [0.25, 0.3) is 0 Å². The first-order valence-electron chi connectivity index (χ1n) is 9.01. The van der Waals surface area contributed by atoms with Crippen molar-refractivity contribution in [3.8, 4) is 0 Å². The van der Waals surface area contributed by atoms with Gasteiger partial charge in [0.1, 0.15) is 0 Å². The SMILES string of the molecule is CCC1CCCC(C2(N)CC3CC2C2CCCC32)C1. The molecule has 4 rings (SSSR count). The van der Waals surface area contributed by atoms with E-state index in [0.717, 1.165) is 35.5 Å². The van der Waals surface area contributed by atoms with Gasteiger partial charge >= 0.3 is 0 Å². The van der Waals surface area contributed by atoms with Crippen molar-refractivity contribution in [3.63, 3.8) is 0 Å². The quantitative estimate of drug-likeness (QED) is 0.785. The van der Waals surface area contributed by atoms with Gasteiger partial charge in [-0.15, -0.1) is 0 Å². The number of fused-ring (bicyclic) bond motifs is 5. The van der Waals surface area contributed by atoms with Crippen molar-refractivity contribution in [2.75, 3.05) is 0 Å². The molecule has 4 saturated carbocycles. The van der Waals surface area contributed by atoms with Crippen LogP contribution in [-0.4, -0.2) is 5.54 Å². The first-order valence-corrected chi connectivity index (χ1v) is 9.01. The number of nitrogens with two attached hydrogens (primary N) is 1. The molecule has 0 heterocycles. The lowest BCUT2D eigenvalue weighted by molar-refractivity contribution is 0.0656. The second-order valence-corrected chi connectivity index (χ2v) is 8.32. The summed E-state index contributed by atoms with van der Waals surface area (Å²) in [6.45, 7) is 2.38. The highest BCUT2D eigenvalue weighted by molar-refractivity contribution is 5.14. The van der Waals surface area contributed by atoms with Crippen LogP contribution in [-0.2, 0) is 0 Å². The number of hydrogen-bond acceptors (Lipinski definition) is 1. The molecule has 19 heavy (non-hydrogen) atoms. The largest absolute Gasteiger partial charge is 0.325 e. The monoisotopic (exact) mass is 261 g/mol. The Labute approximate surface area is 118 Å². The highest BCUT2D eigenvalue weighted by atomic mass is 14.9. The van der Waals surface area contributed by atoms with Crippen LogP contribution >= 0.6 is 0 Å². The van der Waals surface area contributed by atoms with E-state index in [1.165, 1.54) is 64.2 Å². The molecule has 2 N–H and O–H groups in total. The second kappa shape index (κ2) is 4.48.